The van der Waals surface area contributed by atoms with E-state index in [-0.39, 0.29) is 40.5 Å². The first-order valence-corrected chi connectivity index (χ1v) is 13.3. The van der Waals surface area contributed by atoms with Gasteiger partial charge >= 0.3 is 0 Å². The normalized spacial score (nSPS) is 16.2. The molecule has 1 N–H and O–H groups in total. The second kappa shape index (κ2) is 11.2. The molecule has 1 unspecified atom stereocenters. The average molecular weight is 493 g/mol. The van der Waals surface area contributed by atoms with Crippen LogP contribution in [0.15, 0.2) is 47.4 Å². The summed E-state index contributed by atoms with van der Waals surface area (Å²) >= 11 is 0. The minimum Gasteiger partial charge on any atom is -0.353 e. The van der Waals surface area contributed by atoms with Crippen LogP contribution in [0, 0.1) is 11.6 Å². The summed E-state index contributed by atoms with van der Waals surface area (Å²) in [5.41, 5.74) is 0.941. The van der Waals surface area contributed by atoms with Gasteiger partial charge in [0, 0.05) is 43.9 Å². The van der Waals surface area contributed by atoms with E-state index in [1.54, 1.807) is 12.1 Å². The molecule has 0 spiro atoms. The van der Waals surface area contributed by atoms with Crippen LogP contribution in [0.5, 0.6) is 0 Å². The highest BCUT2D eigenvalue weighted by atomic mass is 32.2. The Labute approximate surface area is 199 Å². The molecule has 1 atom stereocenters. The van der Waals surface area contributed by atoms with Gasteiger partial charge in [-0.3, -0.25) is 9.59 Å². The first-order chi connectivity index (χ1) is 16.1. The number of amides is 1. The first-order valence-electron chi connectivity index (χ1n) is 11.4. The van der Waals surface area contributed by atoms with E-state index in [1.165, 1.54) is 18.2 Å². The highest BCUT2D eigenvalue weighted by Gasteiger charge is 2.25. The van der Waals surface area contributed by atoms with E-state index < -0.39 is 21.5 Å². The van der Waals surface area contributed by atoms with Crippen LogP contribution in [0.2, 0.25) is 0 Å². The Morgan fingerprint density at radius 3 is 2.26 bits per heavy atom. The predicted octanol–water partition coefficient (Wildman–Crippen LogP) is 3.72. The van der Waals surface area contributed by atoms with Gasteiger partial charge < -0.3 is 10.2 Å². The number of nitrogens with zero attached hydrogens (tertiary/aromatic N) is 1. The van der Waals surface area contributed by atoms with Gasteiger partial charge in [-0.05, 0) is 55.2 Å². The number of carbonyl (C=O) groups is 2. The molecule has 34 heavy (non-hydrogen) atoms. The van der Waals surface area contributed by atoms with E-state index in [1.807, 2.05) is 6.92 Å². The average Bonchev–Trinajstić information content (AvgIpc) is 2.80. The lowest BCUT2D eigenvalue weighted by Crippen LogP contribution is -2.46. The molecule has 6 nitrogen and oxygen atoms in total. The van der Waals surface area contributed by atoms with Gasteiger partial charge in [0.1, 0.15) is 0 Å². The fourth-order valence-corrected chi connectivity index (χ4v) is 4.83. The number of Topliss-reactive ketones (excluding diaryl/α,β-unsaturated/α-hetero) is 1. The molecule has 1 fully saturated rings. The van der Waals surface area contributed by atoms with Crippen molar-refractivity contribution < 1.29 is 26.8 Å². The lowest BCUT2D eigenvalue weighted by atomic mass is 9.94. The number of piperidine rings is 1. The van der Waals surface area contributed by atoms with Gasteiger partial charge in [-0.2, -0.15) is 0 Å². The maximum Gasteiger partial charge on any atom is 0.227 e. The van der Waals surface area contributed by atoms with Crippen LogP contribution < -0.4 is 5.32 Å². The third-order valence-corrected chi connectivity index (χ3v) is 7.39. The smallest absolute Gasteiger partial charge is 0.227 e. The zero-order chi connectivity index (χ0) is 24.9. The topological polar surface area (TPSA) is 83.6 Å². The minimum atomic E-state index is -3.29. The summed E-state index contributed by atoms with van der Waals surface area (Å²) in [6, 6.07) is 9.64. The number of rotatable bonds is 9. The van der Waals surface area contributed by atoms with Crippen molar-refractivity contribution >= 4 is 21.5 Å². The van der Waals surface area contributed by atoms with E-state index in [2.05, 4.69) is 10.2 Å². The highest BCUT2D eigenvalue weighted by Crippen LogP contribution is 2.23. The Hall–Kier alpha value is -2.65. The molecule has 1 heterocycles. The lowest BCUT2D eigenvalue weighted by molar-refractivity contribution is -0.123. The number of carbonyl (C=O) groups excluding carboxylic acids is 2. The van der Waals surface area contributed by atoms with Gasteiger partial charge in [-0.15, -0.1) is 0 Å². The second-order valence-corrected chi connectivity index (χ2v) is 10.7. The van der Waals surface area contributed by atoms with E-state index in [9.17, 15) is 26.8 Å². The van der Waals surface area contributed by atoms with Gasteiger partial charge in [0.25, 0.3) is 0 Å². The molecule has 1 saturated heterocycles. The summed E-state index contributed by atoms with van der Waals surface area (Å²) in [7, 11) is -3.29. The quantitative estimate of drug-likeness (QED) is 0.540. The van der Waals surface area contributed by atoms with Crippen LogP contribution in [-0.4, -0.2) is 56.9 Å². The van der Waals surface area contributed by atoms with E-state index in [4.69, 9.17) is 0 Å². The summed E-state index contributed by atoms with van der Waals surface area (Å²) in [4.78, 5) is 27.5. The molecule has 9 heteroatoms. The van der Waals surface area contributed by atoms with Crippen molar-refractivity contribution in [2.45, 2.75) is 49.5 Å². The number of likely N-dealkylation sites (tertiary alicyclic amines) is 1. The molecular weight excluding hydrogens is 462 g/mol. The molecule has 0 aromatic heterocycles. The Balaban J connectivity index is 1.47. The maximum absolute atomic E-state index is 13.3. The number of nitrogens with one attached hydrogen (secondary N) is 1. The van der Waals surface area contributed by atoms with E-state index >= 15 is 0 Å². The maximum atomic E-state index is 13.3. The van der Waals surface area contributed by atoms with Crippen LogP contribution in [0.25, 0.3) is 0 Å². The van der Waals surface area contributed by atoms with Crippen LogP contribution in [0.4, 0.5) is 8.78 Å². The first kappa shape index (κ1) is 26.0. The Morgan fingerprint density at radius 2 is 1.71 bits per heavy atom. The SMILES string of the molecule is CCC(C(=O)NC1CCN(CCC(=O)c2ccc(F)c(F)c2)CC1)c1ccc(S(C)(=O)=O)cc1. The summed E-state index contributed by atoms with van der Waals surface area (Å²) in [6.07, 6.45) is 3.44. The third-order valence-electron chi connectivity index (χ3n) is 6.27. The molecule has 1 amide bonds. The molecule has 2 aromatic rings. The standard InChI is InChI=1S/C25H30F2N2O4S/c1-3-21(17-4-7-20(8-5-17)34(2,32)33)25(31)28-19-10-13-29(14-11-19)15-12-24(30)18-6-9-22(26)23(27)16-18/h4-9,16,19,21H,3,10-15H2,1-2H3,(H,28,31). The number of hydrogen-bond donors (Lipinski definition) is 1. The molecule has 184 valence electrons. The molecule has 0 aliphatic carbocycles. The molecule has 1 aliphatic rings. The van der Waals surface area contributed by atoms with E-state index in [0.29, 0.717) is 13.0 Å². The minimum absolute atomic E-state index is 0.0231. The van der Waals surface area contributed by atoms with Crippen molar-refractivity contribution in [2.24, 2.45) is 0 Å². The number of hydrogen-bond acceptors (Lipinski definition) is 5. The van der Waals surface area contributed by atoms with Crippen molar-refractivity contribution in [1.29, 1.82) is 0 Å². The number of sulfone groups is 1. The monoisotopic (exact) mass is 492 g/mol. The van der Waals surface area contributed by atoms with Crippen molar-refractivity contribution in [2.75, 3.05) is 25.9 Å². The molecule has 0 radical (unpaired) electrons. The molecule has 2 aromatic carbocycles. The highest BCUT2D eigenvalue weighted by molar-refractivity contribution is 7.90. The summed E-state index contributed by atoms with van der Waals surface area (Å²) < 4.78 is 49.7. The van der Waals surface area contributed by atoms with Gasteiger partial charge in [0.15, 0.2) is 27.3 Å². The van der Waals surface area contributed by atoms with Crippen LogP contribution >= 0.6 is 0 Å². The fraction of sp³-hybridized carbons (Fsp3) is 0.440. The second-order valence-electron chi connectivity index (χ2n) is 8.73. The van der Waals surface area contributed by atoms with Gasteiger partial charge in [-0.1, -0.05) is 19.1 Å². The summed E-state index contributed by atoms with van der Waals surface area (Å²) in [5, 5.41) is 3.11. The van der Waals surface area contributed by atoms with Gasteiger partial charge in [0.05, 0.1) is 10.8 Å². The van der Waals surface area contributed by atoms with Gasteiger partial charge in [-0.25, -0.2) is 17.2 Å². The van der Waals surface area contributed by atoms with E-state index in [0.717, 1.165) is 49.9 Å². The Kier molecular flexibility index (Phi) is 8.54. The van der Waals surface area contributed by atoms with Crippen molar-refractivity contribution in [3.05, 3.63) is 65.2 Å². The van der Waals surface area contributed by atoms with Crippen LogP contribution in [-0.2, 0) is 14.6 Å². The number of benzene rings is 2. The molecule has 0 bridgehead atoms. The third kappa shape index (κ3) is 6.70. The van der Waals surface area contributed by atoms with Crippen LogP contribution in [0.1, 0.15) is 54.4 Å². The fourth-order valence-electron chi connectivity index (χ4n) is 4.20. The van der Waals surface area contributed by atoms with Crippen molar-refractivity contribution in [3.8, 4) is 0 Å². The van der Waals surface area contributed by atoms with Crippen LogP contribution in [0.3, 0.4) is 0 Å². The van der Waals surface area contributed by atoms with Crippen molar-refractivity contribution in [3.63, 3.8) is 0 Å². The predicted molar refractivity (Wildman–Crippen MR) is 125 cm³/mol. The summed E-state index contributed by atoms with van der Waals surface area (Å²) in [6.45, 7) is 3.87. The number of halogens is 2. The summed E-state index contributed by atoms with van der Waals surface area (Å²) in [5.74, 6) is -2.68. The number of ketones is 1. The zero-order valence-electron chi connectivity index (χ0n) is 19.4. The molecule has 1 aliphatic heterocycles. The molecule has 0 saturated carbocycles. The van der Waals surface area contributed by atoms with Gasteiger partial charge in [0.2, 0.25) is 5.91 Å². The molecule has 3 rings (SSSR count). The zero-order valence-corrected chi connectivity index (χ0v) is 20.2. The lowest BCUT2D eigenvalue weighted by Gasteiger charge is -2.33. The van der Waals surface area contributed by atoms with Crippen molar-refractivity contribution in [1.82, 2.24) is 10.2 Å². The Morgan fingerprint density at radius 1 is 1.06 bits per heavy atom. The Bertz CT molecular complexity index is 1130. The largest absolute Gasteiger partial charge is 0.353 e. The molecular formula is C25H30F2N2O4S.